The third-order valence-electron chi connectivity index (χ3n) is 2.88. The Kier molecular flexibility index (Phi) is 4.52. The number of hydrogen-bond donors (Lipinski definition) is 1. The van der Waals surface area contributed by atoms with Gasteiger partial charge < -0.3 is 5.11 Å². The van der Waals surface area contributed by atoms with Crippen molar-refractivity contribution in [3.63, 3.8) is 0 Å². The molecule has 2 aromatic carbocycles. The second-order valence-corrected chi connectivity index (χ2v) is 4.97. The van der Waals surface area contributed by atoms with Gasteiger partial charge in [-0.3, -0.25) is 0 Å². The SMILES string of the molecule is CC(O)(C#Cc1ccc(Cl)cc1)c1ccccc1N=[N+]=[N-]. The number of aliphatic hydroxyl groups is 1. The molecular weight excluding hydrogens is 286 g/mol. The average Bonchev–Trinajstić information content (AvgIpc) is 2.47. The molecule has 0 spiro atoms. The van der Waals surface area contributed by atoms with Crippen molar-refractivity contribution >= 4 is 17.3 Å². The maximum absolute atomic E-state index is 10.5. The minimum absolute atomic E-state index is 0.357. The minimum Gasteiger partial charge on any atom is -0.374 e. The van der Waals surface area contributed by atoms with Crippen LogP contribution < -0.4 is 0 Å². The van der Waals surface area contributed by atoms with E-state index in [-0.39, 0.29) is 0 Å². The van der Waals surface area contributed by atoms with E-state index in [2.05, 4.69) is 21.9 Å². The lowest BCUT2D eigenvalue weighted by molar-refractivity contribution is 0.123. The molecule has 0 saturated carbocycles. The van der Waals surface area contributed by atoms with E-state index in [9.17, 15) is 5.11 Å². The molecule has 0 heterocycles. The van der Waals surface area contributed by atoms with Gasteiger partial charge in [-0.05, 0) is 36.7 Å². The van der Waals surface area contributed by atoms with E-state index in [0.717, 1.165) is 5.56 Å². The highest BCUT2D eigenvalue weighted by molar-refractivity contribution is 6.30. The van der Waals surface area contributed by atoms with Gasteiger partial charge in [0, 0.05) is 26.7 Å². The molecule has 0 aromatic heterocycles. The highest BCUT2D eigenvalue weighted by Gasteiger charge is 2.22. The normalized spacial score (nSPS) is 12.5. The lowest BCUT2D eigenvalue weighted by Gasteiger charge is -2.18. The Hall–Kier alpha value is -2.44. The van der Waals surface area contributed by atoms with E-state index in [1.54, 1.807) is 55.5 Å². The van der Waals surface area contributed by atoms with Crippen LogP contribution in [0.1, 0.15) is 18.1 Å². The van der Waals surface area contributed by atoms with Crippen molar-refractivity contribution in [3.05, 3.63) is 75.1 Å². The Morgan fingerprint density at radius 1 is 1.19 bits per heavy atom. The molecule has 0 amide bonds. The quantitative estimate of drug-likeness (QED) is 0.376. The van der Waals surface area contributed by atoms with Crippen LogP contribution in [0.5, 0.6) is 0 Å². The van der Waals surface area contributed by atoms with Crippen LogP contribution in [0.4, 0.5) is 5.69 Å². The van der Waals surface area contributed by atoms with Gasteiger partial charge in [-0.25, -0.2) is 0 Å². The molecule has 2 aromatic rings. The van der Waals surface area contributed by atoms with Crippen molar-refractivity contribution in [3.8, 4) is 11.8 Å². The molecule has 5 heteroatoms. The summed E-state index contributed by atoms with van der Waals surface area (Å²) in [5.41, 5.74) is 8.70. The van der Waals surface area contributed by atoms with Gasteiger partial charge in [0.2, 0.25) is 0 Å². The van der Waals surface area contributed by atoms with E-state index >= 15 is 0 Å². The van der Waals surface area contributed by atoms with E-state index in [4.69, 9.17) is 17.1 Å². The number of hydrogen-bond acceptors (Lipinski definition) is 2. The third-order valence-corrected chi connectivity index (χ3v) is 3.13. The zero-order valence-corrected chi connectivity index (χ0v) is 12.0. The Balaban J connectivity index is 2.39. The van der Waals surface area contributed by atoms with Crippen molar-refractivity contribution in [2.45, 2.75) is 12.5 Å². The molecule has 21 heavy (non-hydrogen) atoms. The summed E-state index contributed by atoms with van der Waals surface area (Å²) in [5.74, 6) is 5.68. The van der Waals surface area contributed by atoms with Crippen molar-refractivity contribution in [2.75, 3.05) is 0 Å². The predicted molar refractivity (Wildman–Crippen MR) is 83.1 cm³/mol. The Bertz CT molecular complexity index is 751. The van der Waals surface area contributed by atoms with Crippen LogP contribution in [0, 0.1) is 11.8 Å². The van der Waals surface area contributed by atoms with Crippen molar-refractivity contribution in [2.24, 2.45) is 5.11 Å². The Labute approximate surface area is 127 Å². The third kappa shape index (κ3) is 3.77. The van der Waals surface area contributed by atoms with Crippen LogP contribution in [-0.4, -0.2) is 5.11 Å². The van der Waals surface area contributed by atoms with Crippen LogP contribution in [0.25, 0.3) is 10.4 Å². The van der Waals surface area contributed by atoms with Gasteiger partial charge in [-0.1, -0.05) is 52.8 Å². The Morgan fingerprint density at radius 2 is 1.86 bits per heavy atom. The molecule has 104 valence electrons. The first kappa shape index (κ1) is 15.0. The molecule has 2 rings (SSSR count). The first-order valence-electron chi connectivity index (χ1n) is 6.18. The molecule has 0 radical (unpaired) electrons. The van der Waals surface area contributed by atoms with Gasteiger partial charge in [-0.2, -0.15) is 0 Å². The molecule has 0 fully saturated rings. The fourth-order valence-electron chi connectivity index (χ4n) is 1.82. The van der Waals surface area contributed by atoms with Crippen molar-refractivity contribution < 1.29 is 5.11 Å². The van der Waals surface area contributed by atoms with Gasteiger partial charge in [0.15, 0.2) is 0 Å². The molecule has 1 atom stereocenters. The monoisotopic (exact) mass is 297 g/mol. The van der Waals surface area contributed by atoms with Crippen LogP contribution in [0.15, 0.2) is 53.6 Å². The first-order chi connectivity index (χ1) is 10.0. The van der Waals surface area contributed by atoms with Crippen molar-refractivity contribution in [1.29, 1.82) is 0 Å². The van der Waals surface area contributed by atoms with Crippen LogP contribution >= 0.6 is 11.6 Å². The Morgan fingerprint density at radius 3 is 2.52 bits per heavy atom. The number of rotatable bonds is 2. The molecule has 1 N–H and O–H groups in total. The van der Waals surface area contributed by atoms with E-state index in [0.29, 0.717) is 16.3 Å². The lowest BCUT2D eigenvalue weighted by Crippen LogP contribution is -2.18. The summed E-state index contributed by atoms with van der Waals surface area (Å²) in [6.45, 7) is 1.56. The maximum Gasteiger partial charge on any atom is 0.148 e. The molecule has 0 saturated heterocycles. The van der Waals surface area contributed by atoms with Gasteiger partial charge in [0.25, 0.3) is 0 Å². The van der Waals surface area contributed by atoms with Crippen molar-refractivity contribution in [1.82, 2.24) is 0 Å². The molecule has 1 unspecified atom stereocenters. The number of azide groups is 1. The summed E-state index contributed by atoms with van der Waals surface area (Å²) in [5, 5.41) is 14.7. The lowest BCUT2D eigenvalue weighted by atomic mass is 9.94. The largest absolute Gasteiger partial charge is 0.374 e. The standard InChI is InChI=1S/C16H12ClN3O/c1-16(21,11-10-12-6-8-13(17)9-7-12)14-4-2-3-5-15(14)19-20-18/h2-9,21H,1H3. The van der Waals surface area contributed by atoms with E-state index < -0.39 is 5.60 Å². The minimum atomic E-state index is -1.43. The summed E-state index contributed by atoms with van der Waals surface area (Å²) < 4.78 is 0. The highest BCUT2D eigenvalue weighted by Crippen LogP contribution is 2.29. The average molecular weight is 298 g/mol. The molecule has 0 bridgehead atoms. The molecular formula is C16H12ClN3O. The second kappa shape index (κ2) is 6.34. The summed E-state index contributed by atoms with van der Waals surface area (Å²) in [6.07, 6.45) is 0. The summed E-state index contributed by atoms with van der Waals surface area (Å²) in [6, 6.07) is 13.8. The second-order valence-electron chi connectivity index (χ2n) is 4.54. The molecule has 0 aliphatic rings. The zero-order valence-electron chi connectivity index (χ0n) is 11.3. The zero-order chi connectivity index (χ0) is 15.3. The molecule has 0 aliphatic carbocycles. The van der Waals surface area contributed by atoms with Gasteiger partial charge >= 0.3 is 0 Å². The molecule has 4 nitrogen and oxygen atoms in total. The fraction of sp³-hybridized carbons (Fsp3) is 0.125. The van der Waals surface area contributed by atoms with Crippen LogP contribution in [-0.2, 0) is 5.60 Å². The van der Waals surface area contributed by atoms with Gasteiger partial charge in [0.1, 0.15) is 5.60 Å². The van der Waals surface area contributed by atoms with E-state index in [1.165, 1.54) is 0 Å². The summed E-state index contributed by atoms with van der Waals surface area (Å²) >= 11 is 5.81. The number of halogens is 1. The number of benzene rings is 2. The molecule has 0 aliphatic heterocycles. The van der Waals surface area contributed by atoms with Gasteiger partial charge in [-0.15, -0.1) is 0 Å². The first-order valence-corrected chi connectivity index (χ1v) is 6.56. The highest BCUT2D eigenvalue weighted by atomic mass is 35.5. The van der Waals surface area contributed by atoms with Crippen LogP contribution in [0.3, 0.4) is 0 Å². The maximum atomic E-state index is 10.5. The van der Waals surface area contributed by atoms with E-state index in [1.807, 2.05) is 0 Å². The topological polar surface area (TPSA) is 69.0 Å². The summed E-state index contributed by atoms with van der Waals surface area (Å²) in [4.78, 5) is 2.76. The predicted octanol–water partition coefficient (Wildman–Crippen LogP) is 4.54. The number of nitrogens with zero attached hydrogens (tertiary/aromatic N) is 3. The van der Waals surface area contributed by atoms with Crippen LogP contribution in [0.2, 0.25) is 5.02 Å². The smallest absolute Gasteiger partial charge is 0.148 e. The van der Waals surface area contributed by atoms with Gasteiger partial charge in [0.05, 0.1) is 0 Å². The summed E-state index contributed by atoms with van der Waals surface area (Å²) in [7, 11) is 0. The fourth-order valence-corrected chi connectivity index (χ4v) is 1.94.